The molecule has 0 radical (unpaired) electrons. The van der Waals surface area contributed by atoms with Crippen LogP contribution in [0.15, 0.2) is 22.7 Å². The zero-order valence-corrected chi connectivity index (χ0v) is 22.4. The zero-order valence-electron chi connectivity index (χ0n) is 21.6. The Morgan fingerprint density at radius 2 is 1.94 bits per heavy atom. The van der Waals surface area contributed by atoms with Gasteiger partial charge in [0.1, 0.15) is 25.1 Å². The molecule has 1 aromatic carbocycles. The minimum Gasteiger partial charge on any atom is -0.490 e. The first kappa shape index (κ1) is 27.8. The van der Waals surface area contributed by atoms with Crippen LogP contribution in [0.1, 0.15) is 42.3 Å². The van der Waals surface area contributed by atoms with Crippen molar-refractivity contribution in [1.82, 2.24) is 20.4 Å². The van der Waals surface area contributed by atoms with Crippen LogP contribution >= 0.6 is 11.3 Å². The molecule has 10 heteroatoms. The molecule has 0 spiro atoms. The van der Waals surface area contributed by atoms with Crippen LogP contribution in [0, 0.1) is 13.8 Å². The Morgan fingerprint density at radius 3 is 2.61 bits per heavy atom. The Balaban J connectivity index is 1.75. The summed E-state index contributed by atoms with van der Waals surface area (Å²) in [6, 6.07) is 6.01. The number of aliphatic hydroxyl groups is 2. The fraction of sp³-hybridized carbons (Fsp3) is 0.500. The van der Waals surface area contributed by atoms with Crippen LogP contribution in [-0.4, -0.2) is 70.1 Å². The van der Waals surface area contributed by atoms with Crippen LogP contribution in [0.25, 0.3) is 22.2 Å². The molecule has 0 aliphatic carbocycles. The third kappa shape index (κ3) is 6.91. The maximum absolute atomic E-state index is 11.2. The summed E-state index contributed by atoms with van der Waals surface area (Å²) in [6.07, 6.45) is -0.190. The van der Waals surface area contributed by atoms with Crippen LogP contribution < -0.4 is 10.1 Å². The number of hydrogen-bond acceptors (Lipinski definition) is 9. The highest BCUT2D eigenvalue weighted by Crippen LogP contribution is 2.34. The summed E-state index contributed by atoms with van der Waals surface area (Å²) in [5.41, 5.74) is 3.87. The van der Waals surface area contributed by atoms with Gasteiger partial charge < -0.3 is 24.8 Å². The van der Waals surface area contributed by atoms with Crippen molar-refractivity contribution < 1.29 is 24.3 Å². The van der Waals surface area contributed by atoms with Gasteiger partial charge >= 0.3 is 0 Å². The largest absolute Gasteiger partial charge is 0.490 e. The Labute approximate surface area is 216 Å². The molecule has 0 aliphatic rings. The molecule has 2 heterocycles. The highest BCUT2D eigenvalue weighted by Gasteiger charge is 2.18. The van der Waals surface area contributed by atoms with Gasteiger partial charge in [-0.25, -0.2) is 0 Å². The summed E-state index contributed by atoms with van der Waals surface area (Å²) >= 11 is 1.70. The molecular weight excluding hydrogens is 480 g/mol. The summed E-state index contributed by atoms with van der Waals surface area (Å²) in [4.78, 5) is 20.5. The van der Waals surface area contributed by atoms with Crippen molar-refractivity contribution in [3.8, 4) is 27.9 Å². The fourth-order valence-electron chi connectivity index (χ4n) is 3.84. The van der Waals surface area contributed by atoms with Crippen molar-refractivity contribution >= 4 is 17.2 Å². The molecule has 0 saturated carbocycles. The number of nitrogens with one attached hydrogen (secondary N) is 1. The molecule has 3 rings (SSSR count). The lowest BCUT2D eigenvalue weighted by molar-refractivity contribution is -0.124. The van der Waals surface area contributed by atoms with Crippen LogP contribution in [0.4, 0.5) is 0 Å². The van der Waals surface area contributed by atoms with Gasteiger partial charge in [0.25, 0.3) is 5.89 Å². The van der Waals surface area contributed by atoms with Crippen molar-refractivity contribution in [1.29, 1.82) is 0 Å². The number of ether oxygens (including phenoxy) is 1. The van der Waals surface area contributed by atoms with E-state index in [2.05, 4.69) is 47.2 Å². The topological polar surface area (TPSA) is 121 Å². The number of carbonyl (C=O) groups excluding carboxylic acids is 1. The molecule has 0 aliphatic heterocycles. The number of aliphatic hydroxyl groups excluding tert-OH is 2. The molecule has 3 N–H and O–H groups in total. The van der Waals surface area contributed by atoms with Gasteiger partial charge in [-0.1, -0.05) is 25.9 Å². The van der Waals surface area contributed by atoms with Crippen molar-refractivity contribution in [3.05, 3.63) is 39.8 Å². The monoisotopic (exact) mass is 516 g/mol. The minimum atomic E-state index is -0.899. The molecule has 3 aromatic rings. The van der Waals surface area contributed by atoms with Gasteiger partial charge in [0.05, 0.1) is 4.88 Å². The summed E-state index contributed by atoms with van der Waals surface area (Å²) in [5.74, 6) is 1.16. The molecular formula is C26H36N4O5S. The van der Waals surface area contributed by atoms with E-state index in [1.807, 2.05) is 26.0 Å². The lowest BCUT2D eigenvalue weighted by Gasteiger charge is -2.17. The third-order valence-corrected chi connectivity index (χ3v) is 7.22. The number of nitrogens with zero attached hydrogens (tertiary/aromatic N) is 3. The maximum Gasteiger partial charge on any atom is 0.258 e. The predicted molar refractivity (Wildman–Crippen MR) is 140 cm³/mol. The van der Waals surface area contributed by atoms with Crippen LogP contribution in [0.3, 0.4) is 0 Å². The molecule has 2 aromatic heterocycles. The van der Waals surface area contributed by atoms with Crippen molar-refractivity contribution in [2.24, 2.45) is 0 Å². The van der Waals surface area contributed by atoms with Gasteiger partial charge in [0.15, 0.2) is 0 Å². The van der Waals surface area contributed by atoms with Gasteiger partial charge in [0, 0.05) is 23.5 Å². The molecule has 36 heavy (non-hydrogen) atoms. The van der Waals surface area contributed by atoms with E-state index < -0.39 is 18.6 Å². The summed E-state index contributed by atoms with van der Waals surface area (Å²) in [6.45, 7) is 12.7. The second kappa shape index (κ2) is 13.0. The maximum atomic E-state index is 11.2. The highest BCUT2D eigenvalue weighted by molar-refractivity contribution is 7.15. The number of thiophene rings is 1. The molecule has 0 bridgehead atoms. The summed E-state index contributed by atoms with van der Waals surface area (Å²) in [7, 11) is 0. The SMILES string of the molecule is CCc1cc(-c2nc(-c3cc(C)c(CN(CC)CC)s3)no2)cc(C)c1OC[C@@H](O)CNC(=O)CO. The first-order valence-corrected chi connectivity index (χ1v) is 13.1. The van der Waals surface area contributed by atoms with Gasteiger partial charge in [-0.15, -0.1) is 11.3 Å². The van der Waals surface area contributed by atoms with Gasteiger partial charge in [-0.3, -0.25) is 9.69 Å². The van der Waals surface area contributed by atoms with E-state index in [1.165, 1.54) is 10.4 Å². The van der Waals surface area contributed by atoms with Crippen LogP contribution in [0.2, 0.25) is 0 Å². The van der Waals surface area contributed by atoms with Gasteiger partial charge in [-0.05, 0) is 68.2 Å². The molecule has 1 amide bonds. The average molecular weight is 517 g/mol. The number of aryl methyl sites for hydroxylation is 3. The standard InChI is InChI=1S/C26H36N4O5S/c1-6-18-11-19(9-17(5)24(18)34-15-20(32)12-27-23(33)14-31)26-28-25(29-35-26)21-10-16(4)22(36-21)13-30(7-2)8-3/h9-11,20,31-32H,6-8,12-15H2,1-5H3,(H,27,33)/t20-/m0/s1. The first-order chi connectivity index (χ1) is 17.3. The Hall–Kier alpha value is -2.79. The van der Waals surface area contributed by atoms with Crippen LogP contribution in [-0.2, 0) is 17.8 Å². The predicted octanol–water partition coefficient (Wildman–Crippen LogP) is 3.33. The second-order valence-electron chi connectivity index (χ2n) is 8.66. The third-order valence-electron chi connectivity index (χ3n) is 6.01. The summed E-state index contributed by atoms with van der Waals surface area (Å²) in [5, 5.41) is 25.5. The van der Waals surface area contributed by atoms with E-state index in [0.29, 0.717) is 23.9 Å². The normalized spacial score (nSPS) is 12.2. The number of hydrogen-bond donors (Lipinski definition) is 3. The quantitative estimate of drug-likeness (QED) is 0.316. The van der Waals surface area contributed by atoms with Gasteiger partial charge in [0.2, 0.25) is 11.7 Å². The number of benzene rings is 1. The molecule has 1 atom stereocenters. The first-order valence-electron chi connectivity index (χ1n) is 12.3. The molecule has 9 nitrogen and oxygen atoms in total. The minimum absolute atomic E-state index is 0.00156. The Bertz CT molecular complexity index is 1160. The smallest absolute Gasteiger partial charge is 0.258 e. The molecule has 0 saturated heterocycles. The number of carbonyl (C=O) groups is 1. The van der Waals surface area contributed by atoms with Crippen molar-refractivity contribution in [2.75, 3.05) is 32.8 Å². The van der Waals surface area contributed by atoms with Crippen molar-refractivity contribution in [3.63, 3.8) is 0 Å². The number of amides is 1. The lowest BCUT2D eigenvalue weighted by Crippen LogP contribution is -2.36. The number of rotatable bonds is 13. The summed E-state index contributed by atoms with van der Waals surface area (Å²) < 4.78 is 11.5. The van der Waals surface area contributed by atoms with E-state index >= 15 is 0 Å². The average Bonchev–Trinajstić information content (AvgIpc) is 3.51. The molecule has 0 fully saturated rings. The molecule has 196 valence electrons. The fourth-order valence-corrected chi connectivity index (χ4v) is 4.99. The number of aromatic nitrogens is 2. The Morgan fingerprint density at radius 1 is 1.19 bits per heavy atom. The van der Waals surface area contributed by atoms with Crippen molar-refractivity contribution in [2.45, 2.75) is 53.7 Å². The lowest BCUT2D eigenvalue weighted by atomic mass is 10.0. The van der Waals surface area contributed by atoms with E-state index in [4.69, 9.17) is 14.4 Å². The van der Waals surface area contributed by atoms with Crippen LogP contribution in [0.5, 0.6) is 5.75 Å². The van der Waals surface area contributed by atoms with E-state index in [0.717, 1.165) is 41.2 Å². The highest BCUT2D eigenvalue weighted by atomic mass is 32.1. The van der Waals surface area contributed by atoms with E-state index in [9.17, 15) is 9.90 Å². The van der Waals surface area contributed by atoms with E-state index in [1.54, 1.807) is 11.3 Å². The molecule has 0 unspecified atom stereocenters. The van der Waals surface area contributed by atoms with Gasteiger partial charge in [-0.2, -0.15) is 4.98 Å². The zero-order chi connectivity index (χ0) is 26.2. The van der Waals surface area contributed by atoms with E-state index in [-0.39, 0.29) is 13.2 Å². The Kier molecular flexibility index (Phi) is 10.0. The second-order valence-corrected chi connectivity index (χ2v) is 9.80.